The lowest BCUT2D eigenvalue weighted by atomic mass is 9.96. The van der Waals surface area contributed by atoms with Crippen LogP contribution < -0.4 is 10.5 Å². The predicted molar refractivity (Wildman–Crippen MR) is 73.3 cm³/mol. The average Bonchev–Trinajstić information content (AvgIpc) is 2.77. The normalized spacial score (nSPS) is 22.4. The van der Waals surface area contributed by atoms with Crippen LogP contribution in [0.4, 0.5) is 4.39 Å². The number of thiophene rings is 1. The van der Waals surface area contributed by atoms with Crippen molar-refractivity contribution in [2.24, 2.45) is 5.73 Å². The van der Waals surface area contributed by atoms with E-state index in [0.717, 1.165) is 14.9 Å². The third-order valence-corrected chi connectivity index (χ3v) is 4.80. The van der Waals surface area contributed by atoms with Gasteiger partial charge in [0.05, 0.1) is 0 Å². The standard InChI is InChI=1S/C13H11BrFNOS/c14-7-3-13(18-6-7)12-5-10(16)9-4-8(15)1-2-11(9)17-12/h1-4,6,10,12H,5,16H2. The maximum absolute atomic E-state index is 13.2. The topological polar surface area (TPSA) is 35.2 Å². The summed E-state index contributed by atoms with van der Waals surface area (Å²) in [7, 11) is 0. The lowest BCUT2D eigenvalue weighted by Gasteiger charge is -2.29. The van der Waals surface area contributed by atoms with Crippen LogP contribution in [0.1, 0.15) is 29.0 Å². The number of rotatable bonds is 1. The Balaban J connectivity index is 1.94. The SMILES string of the molecule is NC1CC(c2cc(Br)cs2)Oc2ccc(F)cc21. The fourth-order valence-corrected chi connectivity index (χ4v) is 3.63. The number of nitrogens with two attached hydrogens (primary N) is 1. The Morgan fingerprint density at radius 2 is 2.22 bits per heavy atom. The number of halogens is 2. The molecule has 1 aliphatic heterocycles. The van der Waals surface area contributed by atoms with Crippen molar-refractivity contribution in [3.8, 4) is 5.75 Å². The quantitative estimate of drug-likeness (QED) is 0.853. The van der Waals surface area contributed by atoms with E-state index in [0.29, 0.717) is 12.2 Å². The number of fused-ring (bicyclic) bond motifs is 1. The van der Waals surface area contributed by atoms with Crippen molar-refractivity contribution in [1.29, 1.82) is 0 Å². The summed E-state index contributed by atoms with van der Waals surface area (Å²) in [6.07, 6.45) is 0.623. The Bertz CT molecular complexity index is 586. The largest absolute Gasteiger partial charge is 0.484 e. The molecule has 94 valence electrons. The first-order valence-electron chi connectivity index (χ1n) is 5.59. The van der Waals surface area contributed by atoms with Crippen LogP contribution in [-0.4, -0.2) is 0 Å². The summed E-state index contributed by atoms with van der Waals surface area (Å²) in [5.74, 6) is 0.412. The van der Waals surface area contributed by atoms with E-state index >= 15 is 0 Å². The minimum atomic E-state index is -0.273. The van der Waals surface area contributed by atoms with Gasteiger partial charge in [-0.2, -0.15) is 0 Å². The van der Waals surface area contributed by atoms with Gasteiger partial charge in [-0.05, 0) is 40.2 Å². The van der Waals surface area contributed by atoms with Crippen molar-refractivity contribution in [2.75, 3.05) is 0 Å². The molecule has 2 unspecified atom stereocenters. The van der Waals surface area contributed by atoms with Crippen molar-refractivity contribution < 1.29 is 9.13 Å². The van der Waals surface area contributed by atoms with Gasteiger partial charge in [-0.25, -0.2) is 4.39 Å². The van der Waals surface area contributed by atoms with Crippen molar-refractivity contribution in [3.63, 3.8) is 0 Å². The average molecular weight is 328 g/mol. The van der Waals surface area contributed by atoms with Crippen molar-refractivity contribution in [1.82, 2.24) is 0 Å². The molecule has 18 heavy (non-hydrogen) atoms. The highest BCUT2D eigenvalue weighted by molar-refractivity contribution is 9.10. The van der Waals surface area contributed by atoms with E-state index in [1.54, 1.807) is 17.4 Å². The molecule has 0 fully saturated rings. The molecule has 1 aromatic carbocycles. The van der Waals surface area contributed by atoms with Crippen LogP contribution in [0.3, 0.4) is 0 Å². The van der Waals surface area contributed by atoms with Crippen LogP contribution in [0, 0.1) is 5.82 Å². The number of benzene rings is 1. The lowest BCUT2D eigenvalue weighted by Crippen LogP contribution is -2.23. The lowest BCUT2D eigenvalue weighted by molar-refractivity contribution is 0.164. The molecule has 0 aliphatic carbocycles. The van der Waals surface area contributed by atoms with Gasteiger partial charge in [0.2, 0.25) is 0 Å². The van der Waals surface area contributed by atoms with E-state index < -0.39 is 0 Å². The summed E-state index contributed by atoms with van der Waals surface area (Å²) < 4.78 is 20.1. The van der Waals surface area contributed by atoms with Crippen LogP contribution >= 0.6 is 27.3 Å². The van der Waals surface area contributed by atoms with Gasteiger partial charge in [-0.3, -0.25) is 0 Å². The zero-order valence-electron chi connectivity index (χ0n) is 9.40. The van der Waals surface area contributed by atoms with Gasteiger partial charge in [0.25, 0.3) is 0 Å². The fourth-order valence-electron chi connectivity index (χ4n) is 2.15. The van der Waals surface area contributed by atoms with Gasteiger partial charge in [-0.15, -0.1) is 11.3 Å². The van der Waals surface area contributed by atoms with Gasteiger partial charge < -0.3 is 10.5 Å². The second-order valence-electron chi connectivity index (χ2n) is 4.30. The molecule has 0 saturated carbocycles. The minimum Gasteiger partial charge on any atom is -0.484 e. The molecular formula is C13H11BrFNOS. The molecule has 2 nitrogen and oxygen atoms in total. The third-order valence-electron chi connectivity index (χ3n) is 3.01. The van der Waals surface area contributed by atoms with Crippen LogP contribution in [-0.2, 0) is 0 Å². The fraction of sp³-hybridized carbons (Fsp3) is 0.231. The Morgan fingerprint density at radius 3 is 2.94 bits per heavy atom. The van der Waals surface area contributed by atoms with Gasteiger partial charge in [0, 0.05) is 32.8 Å². The van der Waals surface area contributed by atoms with E-state index in [1.807, 2.05) is 11.4 Å². The third kappa shape index (κ3) is 2.18. The summed E-state index contributed by atoms with van der Waals surface area (Å²) >= 11 is 5.06. The zero-order valence-corrected chi connectivity index (χ0v) is 11.8. The van der Waals surface area contributed by atoms with Gasteiger partial charge >= 0.3 is 0 Å². The molecule has 1 aromatic heterocycles. The Hall–Kier alpha value is -0.910. The van der Waals surface area contributed by atoms with E-state index in [2.05, 4.69) is 15.9 Å². The van der Waals surface area contributed by atoms with Crippen molar-refractivity contribution in [2.45, 2.75) is 18.6 Å². The van der Waals surface area contributed by atoms with Gasteiger partial charge in [-0.1, -0.05) is 0 Å². The molecule has 0 saturated heterocycles. The molecule has 5 heteroatoms. The Kier molecular flexibility index (Phi) is 3.13. The monoisotopic (exact) mass is 327 g/mol. The van der Waals surface area contributed by atoms with E-state index in [4.69, 9.17) is 10.5 Å². The summed E-state index contributed by atoms with van der Waals surface area (Å²) in [6, 6.07) is 6.37. The van der Waals surface area contributed by atoms with E-state index in [1.165, 1.54) is 12.1 Å². The summed E-state index contributed by atoms with van der Waals surface area (Å²) in [5.41, 5.74) is 6.85. The van der Waals surface area contributed by atoms with E-state index in [9.17, 15) is 4.39 Å². The maximum atomic E-state index is 13.2. The minimum absolute atomic E-state index is 0.0470. The molecule has 2 atom stereocenters. The first-order chi connectivity index (χ1) is 8.63. The summed E-state index contributed by atoms with van der Waals surface area (Å²) in [6.45, 7) is 0. The molecule has 2 heterocycles. The Labute approximate surface area is 117 Å². The van der Waals surface area contributed by atoms with Gasteiger partial charge in [0.15, 0.2) is 0 Å². The first kappa shape index (κ1) is 12.1. The molecule has 2 N–H and O–H groups in total. The van der Waals surface area contributed by atoms with Crippen LogP contribution in [0.15, 0.2) is 34.1 Å². The number of hydrogen-bond donors (Lipinski definition) is 1. The van der Waals surface area contributed by atoms with Crippen molar-refractivity contribution >= 4 is 27.3 Å². The number of hydrogen-bond acceptors (Lipinski definition) is 3. The molecule has 0 bridgehead atoms. The summed E-state index contributed by atoms with van der Waals surface area (Å²) in [5, 5.41) is 2.02. The Morgan fingerprint density at radius 1 is 1.39 bits per heavy atom. The van der Waals surface area contributed by atoms with Gasteiger partial charge in [0.1, 0.15) is 17.7 Å². The van der Waals surface area contributed by atoms with Crippen LogP contribution in [0.5, 0.6) is 5.75 Å². The molecular weight excluding hydrogens is 317 g/mol. The smallest absolute Gasteiger partial charge is 0.135 e. The molecule has 2 aromatic rings. The predicted octanol–water partition coefficient (Wildman–Crippen LogP) is 4.17. The molecule has 3 rings (SSSR count). The van der Waals surface area contributed by atoms with Crippen LogP contribution in [0.2, 0.25) is 0 Å². The highest BCUT2D eigenvalue weighted by Crippen LogP contribution is 2.41. The molecule has 0 amide bonds. The second kappa shape index (κ2) is 4.64. The zero-order chi connectivity index (χ0) is 12.7. The highest BCUT2D eigenvalue weighted by Gasteiger charge is 2.28. The summed E-state index contributed by atoms with van der Waals surface area (Å²) in [4.78, 5) is 1.13. The first-order valence-corrected chi connectivity index (χ1v) is 7.26. The van der Waals surface area contributed by atoms with Crippen LogP contribution in [0.25, 0.3) is 0 Å². The highest BCUT2D eigenvalue weighted by atomic mass is 79.9. The second-order valence-corrected chi connectivity index (χ2v) is 6.16. The molecule has 0 spiro atoms. The van der Waals surface area contributed by atoms with Crippen molar-refractivity contribution in [3.05, 3.63) is 50.4 Å². The molecule has 0 radical (unpaired) electrons. The molecule has 1 aliphatic rings. The maximum Gasteiger partial charge on any atom is 0.135 e. The number of ether oxygens (including phenoxy) is 1. The van der Waals surface area contributed by atoms with E-state index in [-0.39, 0.29) is 18.0 Å².